The number of rotatable bonds is 4. The van der Waals surface area contributed by atoms with Crippen molar-refractivity contribution in [2.75, 3.05) is 5.32 Å². The predicted molar refractivity (Wildman–Crippen MR) is 73.2 cm³/mol. The average Bonchev–Trinajstić information content (AvgIpc) is 2.27. The Morgan fingerprint density at radius 1 is 1.50 bits per heavy atom. The van der Waals surface area contributed by atoms with E-state index in [1.807, 2.05) is 27.7 Å². The Morgan fingerprint density at radius 3 is 2.56 bits per heavy atom. The van der Waals surface area contributed by atoms with Crippen LogP contribution in [0.3, 0.4) is 0 Å². The lowest BCUT2D eigenvalue weighted by molar-refractivity contribution is 0.0696. The lowest BCUT2D eigenvalue weighted by atomic mass is 9.90. The van der Waals surface area contributed by atoms with Crippen LogP contribution in [0.4, 0.5) is 5.82 Å². The van der Waals surface area contributed by atoms with Crippen molar-refractivity contribution in [1.82, 2.24) is 4.98 Å². The molecular weight excluding hydrogens is 228 g/mol. The Balaban J connectivity index is 3.22. The molecular formula is C14H20N2O2. The first-order chi connectivity index (χ1) is 8.24. The molecule has 0 saturated carbocycles. The summed E-state index contributed by atoms with van der Waals surface area (Å²) in [6, 6.07) is 3.19. The number of aromatic carboxylic acids is 1. The summed E-state index contributed by atoms with van der Waals surface area (Å²) in [5.41, 5.74) is 0.800. The summed E-state index contributed by atoms with van der Waals surface area (Å²) in [5, 5.41) is 12.2. The highest BCUT2D eigenvalue weighted by molar-refractivity contribution is 5.88. The van der Waals surface area contributed by atoms with Gasteiger partial charge < -0.3 is 10.4 Å². The molecule has 1 heterocycles. The molecule has 1 rings (SSSR count). The lowest BCUT2D eigenvalue weighted by Crippen LogP contribution is -2.19. The molecule has 4 heteroatoms. The molecule has 0 aliphatic carbocycles. The quantitative estimate of drug-likeness (QED) is 0.804. The van der Waals surface area contributed by atoms with Gasteiger partial charge in [0.05, 0.1) is 5.56 Å². The molecule has 2 N–H and O–H groups in total. The molecule has 0 aliphatic heterocycles. The van der Waals surface area contributed by atoms with Crippen LogP contribution >= 0.6 is 0 Å². The van der Waals surface area contributed by atoms with Crippen molar-refractivity contribution in [3.63, 3.8) is 0 Å². The van der Waals surface area contributed by atoms with E-state index in [1.165, 1.54) is 6.07 Å². The van der Waals surface area contributed by atoms with Gasteiger partial charge in [-0.2, -0.15) is 0 Å². The van der Waals surface area contributed by atoms with Gasteiger partial charge in [-0.3, -0.25) is 0 Å². The molecule has 18 heavy (non-hydrogen) atoms. The molecule has 0 radical (unpaired) electrons. The largest absolute Gasteiger partial charge is 0.478 e. The van der Waals surface area contributed by atoms with Crippen molar-refractivity contribution in [3.8, 4) is 0 Å². The number of carboxylic acids is 1. The normalized spacial score (nSPS) is 12.9. The maximum atomic E-state index is 11.1. The summed E-state index contributed by atoms with van der Waals surface area (Å²) >= 11 is 0. The highest BCUT2D eigenvalue weighted by Crippen LogP contribution is 2.23. The lowest BCUT2D eigenvalue weighted by Gasteiger charge is -2.20. The maximum absolute atomic E-state index is 11.1. The zero-order chi connectivity index (χ0) is 13.9. The van der Waals surface area contributed by atoms with Crippen molar-refractivity contribution in [1.29, 1.82) is 0 Å². The topological polar surface area (TPSA) is 62.2 Å². The van der Waals surface area contributed by atoms with Crippen LogP contribution < -0.4 is 5.32 Å². The summed E-state index contributed by atoms with van der Waals surface area (Å²) in [7, 11) is 0. The van der Waals surface area contributed by atoms with Crippen LogP contribution in [0.2, 0.25) is 0 Å². The third-order valence-corrected chi connectivity index (χ3v) is 2.57. The molecule has 1 aromatic heterocycles. The monoisotopic (exact) mass is 248 g/mol. The average molecular weight is 248 g/mol. The van der Waals surface area contributed by atoms with E-state index in [4.69, 9.17) is 5.11 Å². The smallest absolute Gasteiger partial charge is 0.335 e. The van der Waals surface area contributed by atoms with Gasteiger partial charge in [0.25, 0.3) is 0 Å². The first kappa shape index (κ1) is 14.2. The first-order valence-electron chi connectivity index (χ1n) is 5.89. The SMILES string of the molecule is C=CC(C)Nc1cc(C(=O)O)cc(C(C)(C)C)n1. The number of hydrogen-bond acceptors (Lipinski definition) is 3. The maximum Gasteiger partial charge on any atom is 0.335 e. The summed E-state index contributed by atoms with van der Waals surface area (Å²) in [6.07, 6.45) is 1.74. The molecule has 1 aromatic rings. The number of anilines is 1. The van der Waals surface area contributed by atoms with E-state index in [0.717, 1.165) is 5.69 Å². The van der Waals surface area contributed by atoms with Crippen molar-refractivity contribution in [2.24, 2.45) is 0 Å². The fraction of sp³-hybridized carbons (Fsp3) is 0.429. The van der Waals surface area contributed by atoms with E-state index in [1.54, 1.807) is 12.1 Å². The fourth-order valence-corrected chi connectivity index (χ4v) is 1.40. The van der Waals surface area contributed by atoms with Gasteiger partial charge in [0.2, 0.25) is 0 Å². The van der Waals surface area contributed by atoms with Crippen molar-refractivity contribution < 1.29 is 9.90 Å². The number of pyridine rings is 1. The van der Waals surface area contributed by atoms with Crippen LogP contribution in [0.5, 0.6) is 0 Å². The Morgan fingerprint density at radius 2 is 2.11 bits per heavy atom. The Hall–Kier alpha value is -1.84. The minimum Gasteiger partial charge on any atom is -0.478 e. The van der Waals surface area contributed by atoms with Crippen LogP contribution in [-0.4, -0.2) is 22.1 Å². The van der Waals surface area contributed by atoms with Gasteiger partial charge in [-0.25, -0.2) is 9.78 Å². The van der Waals surface area contributed by atoms with E-state index in [2.05, 4.69) is 16.9 Å². The number of hydrogen-bond donors (Lipinski definition) is 2. The second kappa shape index (κ2) is 5.21. The van der Waals surface area contributed by atoms with Gasteiger partial charge in [0.1, 0.15) is 5.82 Å². The molecule has 0 aliphatic rings. The fourth-order valence-electron chi connectivity index (χ4n) is 1.40. The van der Waals surface area contributed by atoms with Crippen LogP contribution in [0.25, 0.3) is 0 Å². The molecule has 0 bridgehead atoms. The molecule has 0 spiro atoms. The molecule has 98 valence electrons. The van der Waals surface area contributed by atoms with Gasteiger partial charge >= 0.3 is 5.97 Å². The van der Waals surface area contributed by atoms with E-state index in [9.17, 15) is 4.79 Å². The van der Waals surface area contributed by atoms with E-state index < -0.39 is 5.97 Å². The van der Waals surface area contributed by atoms with Gasteiger partial charge in [0, 0.05) is 17.2 Å². The number of aromatic nitrogens is 1. The second-order valence-corrected chi connectivity index (χ2v) is 5.35. The number of carbonyl (C=O) groups is 1. The highest BCUT2D eigenvalue weighted by atomic mass is 16.4. The molecule has 4 nitrogen and oxygen atoms in total. The number of carboxylic acid groups (broad SMARTS) is 1. The summed E-state index contributed by atoms with van der Waals surface area (Å²) in [5.74, 6) is -0.385. The minimum atomic E-state index is -0.947. The summed E-state index contributed by atoms with van der Waals surface area (Å²) in [6.45, 7) is 11.6. The first-order valence-corrected chi connectivity index (χ1v) is 5.89. The molecule has 1 unspecified atom stereocenters. The Labute approximate surface area is 108 Å². The molecule has 0 amide bonds. The predicted octanol–water partition coefficient (Wildman–Crippen LogP) is 3.06. The minimum absolute atomic E-state index is 0.0364. The van der Waals surface area contributed by atoms with E-state index in [0.29, 0.717) is 5.82 Å². The van der Waals surface area contributed by atoms with Crippen LogP contribution in [0.1, 0.15) is 43.7 Å². The number of nitrogens with one attached hydrogen (secondary N) is 1. The van der Waals surface area contributed by atoms with Gasteiger partial charge in [-0.05, 0) is 19.1 Å². The third kappa shape index (κ3) is 3.58. The standard InChI is InChI=1S/C14H20N2O2/c1-6-9(2)15-12-8-10(13(17)18)7-11(16-12)14(3,4)5/h6-9H,1H2,2-5H3,(H,15,16)(H,17,18). The highest BCUT2D eigenvalue weighted by Gasteiger charge is 2.19. The van der Waals surface area contributed by atoms with E-state index in [-0.39, 0.29) is 17.0 Å². The third-order valence-electron chi connectivity index (χ3n) is 2.57. The van der Waals surface area contributed by atoms with Crippen LogP contribution in [0.15, 0.2) is 24.8 Å². The molecule has 0 fully saturated rings. The van der Waals surface area contributed by atoms with Crippen molar-refractivity contribution >= 4 is 11.8 Å². The Bertz CT molecular complexity index is 461. The molecule has 0 saturated heterocycles. The van der Waals surface area contributed by atoms with Crippen LogP contribution in [-0.2, 0) is 5.41 Å². The van der Waals surface area contributed by atoms with Crippen molar-refractivity contribution in [2.45, 2.75) is 39.2 Å². The Kier molecular flexibility index (Phi) is 4.11. The van der Waals surface area contributed by atoms with Gasteiger partial charge in [-0.15, -0.1) is 6.58 Å². The van der Waals surface area contributed by atoms with E-state index >= 15 is 0 Å². The zero-order valence-corrected chi connectivity index (χ0v) is 11.3. The van der Waals surface area contributed by atoms with Crippen molar-refractivity contribution in [3.05, 3.63) is 36.0 Å². The van der Waals surface area contributed by atoms with Crippen LogP contribution in [0, 0.1) is 0 Å². The van der Waals surface area contributed by atoms with Gasteiger partial charge in [0.15, 0.2) is 0 Å². The molecule has 0 aromatic carbocycles. The van der Waals surface area contributed by atoms with Gasteiger partial charge in [-0.1, -0.05) is 26.8 Å². The summed E-state index contributed by atoms with van der Waals surface area (Å²) < 4.78 is 0. The summed E-state index contributed by atoms with van der Waals surface area (Å²) in [4.78, 5) is 15.6. The molecule has 1 atom stereocenters. The zero-order valence-electron chi connectivity index (χ0n) is 11.3. The number of nitrogens with zero attached hydrogens (tertiary/aromatic N) is 1. The second-order valence-electron chi connectivity index (χ2n) is 5.35.